The lowest BCUT2D eigenvalue weighted by Gasteiger charge is -2.15. The van der Waals surface area contributed by atoms with Crippen LogP contribution in [0.2, 0.25) is 19.6 Å². The van der Waals surface area contributed by atoms with Gasteiger partial charge in [-0.1, -0.05) is 26.6 Å². The Morgan fingerprint density at radius 3 is 2.27 bits per heavy atom. The second-order valence-electron chi connectivity index (χ2n) is 3.97. The van der Waals surface area contributed by atoms with E-state index >= 15 is 0 Å². The molecule has 0 aromatic carbocycles. The van der Waals surface area contributed by atoms with Crippen molar-refractivity contribution in [3.8, 4) is 0 Å². The fraction of sp³-hybridized carbons (Fsp3) is 0.875. The van der Waals surface area contributed by atoms with E-state index in [0.29, 0.717) is 12.7 Å². The summed E-state index contributed by atoms with van der Waals surface area (Å²) in [5, 5.41) is 0. The first-order valence-corrected chi connectivity index (χ1v) is 7.82. The highest BCUT2D eigenvalue weighted by Gasteiger charge is 2.15. The van der Waals surface area contributed by atoms with Crippen LogP contribution >= 0.6 is 0 Å². The molecule has 0 saturated carbocycles. The molecule has 2 nitrogen and oxygen atoms in total. The highest BCUT2D eigenvalue weighted by atomic mass is 28.3. The second kappa shape index (κ2) is 4.54. The van der Waals surface area contributed by atoms with Gasteiger partial charge >= 0.3 is 5.97 Å². The van der Waals surface area contributed by atoms with Crippen molar-refractivity contribution in [3.05, 3.63) is 0 Å². The molecule has 0 radical (unpaired) electrons. The summed E-state index contributed by atoms with van der Waals surface area (Å²) in [6.07, 6.45) is 2.10. The lowest BCUT2D eigenvalue weighted by molar-refractivity contribution is -0.141. The fourth-order valence-corrected chi connectivity index (χ4v) is 1.17. The molecule has 0 aliphatic heterocycles. The van der Waals surface area contributed by atoms with Crippen LogP contribution < -0.4 is 0 Å². The summed E-state index contributed by atoms with van der Waals surface area (Å²) in [6, 6.07) is 0. The summed E-state index contributed by atoms with van der Waals surface area (Å²) >= 11 is 0. The van der Waals surface area contributed by atoms with Gasteiger partial charge in [-0.2, -0.15) is 0 Å². The summed E-state index contributed by atoms with van der Waals surface area (Å²) in [6.45, 7) is 8.54. The Balaban J connectivity index is 3.46. The van der Waals surface area contributed by atoms with Crippen molar-refractivity contribution in [2.45, 2.75) is 39.4 Å². The number of hydrogen-bond donors (Lipinski definition) is 0. The smallest absolute Gasteiger partial charge is 0.305 e. The minimum Gasteiger partial charge on any atom is -0.469 e. The van der Waals surface area contributed by atoms with E-state index in [1.165, 1.54) is 0 Å². The molecule has 0 aliphatic rings. The standard InChI is InChI=1S/C8H18O2Si/c1-5-6-8(9)10-7-11(2,3)4/h5-7H2,1-4H3. The zero-order valence-corrected chi connectivity index (χ0v) is 8.94. The van der Waals surface area contributed by atoms with Gasteiger partial charge in [0.2, 0.25) is 0 Å². The number of esters is 1. The molecule has 0 rings (SSSR count). The highest BCUT2D eigenvalue weighted by molar-refractivity contribution is 6.76. The normalized spacial score (nSPS) is 11.3. The molecule has 0 unspecified atom stereocenters. The molecule has 0 N–H and O–H groups in total. The maximum Gasteiger partial charge on any atom is 0.305 e. The SMILES string of the molecule is CCCC(=O)OC[Si](C)(C)C. The molecule has 0 aromatic rings. The first-order valence-electron chi connectivity index (χ1n) is 4.11. The van der Waals surface area contributed by atoms with E-state index in [1.807, 2.05) is 6.92 Å². The first kappa shape index (κ1) is 10.7. The summed E-state index contributed by atoms with van der Waals surface area (Å²) in [5.41, 5.74) is 0. The summed E-state index contributed by atoms with van der Waals surface area (Å²) < 4.78 is 5.07. The molecule has 0 aliphatic carbocycles. The molecule has 11 heavy (non-hydrogen) atoms. The zero-order chi connectivity index (χ0) is 8.91. The summed E-state index contributed by atoms with van der Waals surface area (Å²) in [5.74, 6) is -0.0464. The minimum absolute atomic E-state index is 0.0464. The average molecular weight is 174 g/mol. The number of hydrogen-bond acceptors (Lipinski definition) is 2. The van der Waals surface area contributed by atoms with Crippen molar-refractivity contribution in [3.63, 3.8) is 0 Å². The van der Waals surface area contributed by atoms with Gasteiger partial charge in [0.25, 0.3) is 0 Å². The number of carbonyl (C=O) groups excluding carboxylic acids is 1. The van der Waals surface area contributed by atoms with Crippen LogP contribution in [0.3, 0.4) is 0 Å². The van der Waals surface area contributed by atoms with E-state index in [4.69, 9.17) is 4.74 Å². The van der Waals surface area contributed by atoms with E-state index in [9.17, 15) is 4.79 Å². The van der Waals surface area contributed by atoms with Crippen LogP contribution in [-0.2, 0) is 9.53 Å². The van der Waals surface area contributed by atoms with Gasteiger partial charge in [-0.25, -0.2) is 0 Å². The third-order valence-electron chi connectivity index (χ3n) is 1.12. The van der Waals surface area contributed by atoms with Crippen molar-refractivity contribution >= 4 is 14.0 Å². The molecule has 0 fully saturated rings. The Kier molecular flexibility index (Phi) is 4.41. The van der Waals surface area contributed by atoms with Crippen molar-refractivity contribution in [2.24, 2.45) is 0 Å². The fourth-order valence-electron chi connectivity index (χ4n) is 0.573. The Bertz CT molecular complexity index is 127. The number of carbonyl (C=O) groups is 1. The molecule has 0 bridgehead atoms. The van der Waals surface area contributed by atoms with Crippen LogP contribution in [-0.4, -0.2) is 20.3 Å². The van der Waals surface area contributed by atoms with Crippen molar-refractivity contribution < 1.29 is 9.53 Å². The maximum atomic E-state index is 10.9. The molecular weight excluding hydrogens is 156 g/mol. The number of rotatable bonds is 4. The molecule has 0 amide bonds. The summed E-state index contributed by atoms with van der Waals surface area (Å²) in [7, 11) is -1.19. The van der Waals surface area contributed by atoms with Crippen LogP contribution in [0, 0.1) is 0 Å². The Labute approximate surface area is 69.9 Å². The topological polar surface area (TPSA) is 26.3 Å². The van der Waals surface area contributed by atoms with Crippen molar-refractivity contribution in [1.29, 1.82) is 0 Å². The Morgan fingerprint density at radius 1 is 1.36 bits per heavy atom. The zero-order valence-electron chi connectivity index (χ0n) is 7.94. The van der Waals surface area contributed by atoms with Gasteiger partial charge < -0.3 is 4.74 Å². The molecular formula is C8H18O2Si. The third-order valence-corrected chi connectivity index (χ3v) is 2.13. The van der Waals surface area contributed by atoms with Gasteiger partial charge in [-0.05, 0) is 6.42 Å². The van der Waals surface area contributed by atoms with Crippen LogP contribution in [0.4, 0.5) is 0 Å². The maximum absolute atomic E-state index is 10.9. The largest absolute Gasteiger partial charge is 0.469 e. The van der Waals surface area contributed by atoms with E-state index in [1.54, 1.807) is 0 Å². The highest BCUT2D eigenvalue weighted by Crippen LogP contribution is 2.02. The summed E-state index contributed by atoms with van der Waals surface area (Å²) in [4.78, 5) is 10.9. The molecule has 0 heterocycles. The second-order valence-corrected chi connectivity index (χ2v) is 9.38. The lowest BCUT2D eigenvalue weighted by atomic mass is 10.3. The molecule has 0 atom stereocenters. The lowest BCUT2D eigenvalue weighted by Crippen LogP contribution is -2.29. The first-order chi connectivity index (χ1) is 4.95. The minimum atomic E-state index is -1.19. The van der Waals surface area contributed by atoms with E-state index in [-0.39, 0.29) is 5.97 Å². The van der Waals surface area contributed by atoms with E-state index < -0.39 is 8.07 Å². The Hall–Kier alpha value is -0.313. The molecule has 3 heteroatoms. The average Bonchev–Trinajstić information content (AvgIpc) is 1.83. The Morgan fingerprint density at radius 2 is 1.91 bits per heavy atom. The quantitative estimate of drug-likeness (QED) is 0.482. The molecule has 0 spiro atoms. The monoisotopic (exact) mass is 174 g/mol. The van der Waals surface area contributed by atoms with Gasteiger partial charge in [-0.3, -0.25) is 4.79 Å². The molecule has 0 aromatic heterocycles. The van der Waals surface area contributed by atoms with Crippen molar-refractivity contribution in [2.75, 3.05) is 6.23 Å². The van der Waals surface area contributed by atoms with Crippen LogP contribution in [0.1, 0.15) is 19.8 Å². The third kappa shape index (κ3) is 7.59. The predicted octanol–water partition coefficient (Wildman–Crippen LogP) is 2.21. The predicted molar refractivity (Wildman–Crippen MR) is 49.2 cm³/mol. The van der Waals surface area contributed by atoms with Gasteiger partial charge in [0.15, 0.2) is 0 Å². The van der Waals surface area contributed by atoms with Crippen LogP contribution in [0.5, 0.6) is 0 Å². The van der Waals surface area contributed by atoms with Crippen LogP contribution in [0.15, 0.2) is 0 Å². The van der Waals surface area contributed by atoms with E-state index in [2.05, 4.69) is 19.6 Å². The molecule has 0 saturated heterocycles. The van der Waals surface area contributed by atoms with Gasteiger partial charge in [-0.15, -0.1) is 0 Å². The van der Waals surface area contributed by atoms with Gasteiger partial charge in [0.1, 0.15) is 0 Å². The van der Waals surface area contributed by atoms with Crippen LogP contribution in [0.25, 0.3) is 0 Å². The molecule has 66 valence electrons. The van der Waals surface area contributed by atoms with E-state index in [0.717, 1.165) is 6.42 Å². The van der Waals surface area contributed by atoms with Gasteiger partial charge in [0, 0.05) is 6.42 Å². The number of ether oxygens (including phenoxy) is 1. The van der Waals surface area contributed by atoms with Gasteiger partial charge in [0.05, 0.1) is 14.3 Å². The van der Waals surface area contributed by atoms with Crippen molar-refractivity contribution in [1.82, 2.24) is 0 Å².